The van der Waals surface area contributed by atoms with Crippen molar-refractivity contribution in [3.8, 4) is 5.75 Å². The number of nitrogens with one attached hydrogen (secondary N) is 1. The summed E-state index contributed by atoms with van der Waals surface area (Å²) < 4.78 is 33.1. The number of benzene rings is 2. The van der Waals surface area contributed by atoms with Gasteiger partial charge in [0, 0.05) is 11.8 Å². The first-order valence-corrected chi connectivity index (χ1v) is 7.49. The molecule has 0 radical (unpaired) electrons. The number of hydrogen-bond donors (Lipinski definition) is 2. The summed E-state index contributed by atoms with van der Waals surface area (Å²) in [7, 11) is -4.96. The lowest BCUT2D eigenvalue weighted by Crippen LogP contribution is -2.02. The summed E-state index contributed by atoms with van der Waals surface area (Å²) in [6, 6.07) is 5.70. The van der Waals surface area contributed by atoms with Crippen molar-refractivity contribution >= 4 is 32.9 Å². The second-order valence-corrected chi connectivity index (χ2v) is 5.83. The minimum absolute atomic E-state index is 0.0424. The van der Waals surface area contributed by atoms with E-state index < -0.39 is 42.0 Å². The molecule has 0 aromatic heterocycles. The van der Waals surface area contributed by atoms with Crippen LogP contribution >= 0.6 is 0 Å². The number of rotatable bonds is 5. The highest BCUT2D eigenvalue weighted by molar-refractivity contribution is 7.85. The third kappa shape index (κ3) is 3.56. The standard InChI is InChI=1S/C12H9N3O8S/c16-11-4-1-7(5-12(11)24(21,22)23)13-9-3-2-8(14(17)18)6-10(9)15(19)20/h1-6,13,16H,(H,21,22,23)/p-1. The number of nitro groups is 2. The molecule has 24 heavy (non-hydrogen) atoms. The molecule has 0 aliphatic rings. The van der Waals surface area contributed by atoms with Crippen molar-refractivity contribution in [1.82, 2.24) is 0 Å². The maximum atomic E-state index is 11.0. The molecule has 0 saturated carbocycles. The number of non-ortho nitro benzene ring substituents is 1. The Morgan fingerprint density at radius 3 is 2.21 bits per heavy atom. The van der Waals surface area contributed by atoms with Crippen LogP contribution < -0.4 is 5.32 Å². The van der Waals surface area contributed by atoms with Crippen molar-refractivity contribution in [2.75, 3.05) is 5.32 Å². The summed E-state index contributed by atoms with van der Waals surface area (Å²) >= 11 is 0. The maximum absolute atomic E-state index is 11.0. The van der Waals surface area contributed by atoms with Gasteiger partial charge in [-0.2, -0.15) is 0 Å². The molecule has 0 amide bonds. The van der Waals surface area contributed by atoms with Crippen molar-refractivity contribution < 1.29 is 27.9 Å². The first-order chi connectivity index (χ1) is 11.1. The number of phenolic OH excluding ortho intramolecular Hbond substituents is 1. The Morgan fingerprint density at radius 1 is 1.00 bits per heavy atom. The van der Waals surface area contributed by atoms with Gasteiger partial charge in [0.25, 0.3) is 11.4 Å². The van der Waals surface area contributed by atoms with Crippen molar-refractivity contribution in [3.63, 3.8) is 0 Å². The normalized spacial score (nSPS) is 11.0. The van der Waals surface area contributed by atoms with Crippen molar-refractivity contribution in [2.45, 2.75) is 4.90 Å². The number of phenols is 1. The first-order valence-electron chi connectivity index (χ1n) is 6.08. The van der Waals surface area contributed by atoms with Crippen LogP contribution in [0.25, 0.3) is 0 Å². The quantitative estimate of drug-likeness (QED) is 0.351. The molecule has 126 valence electrons. The lowest BCUT2D eigenvalue weighted by atomic mass is 10.2. The monoisotopic (exact) mass is 354 g/mol. The molecule has 0 saturated heterocycles. The van der Waals surface area contributed by atoms with E-state index in [0.29, 0.717) is 0 Å². The fourth-order valence-electron chi connectivity index (χ4n) is 1.84. The molecule has 2 aromatic carbocycles. The Labute approximate surface area is 134 Å². The van der Waals surface area contributed by atoms with Crippen LogP contribution in [0.5, 0.6) is 5.75 Å². The van der Waals surface area contributed by atoms with Crippen molar-refractivity contribution in [2.24, 2.45) is 0 Å². The Morgan fingerprint density at radius 2 is 1.67 bits per heavy atom. The third-order valence-corrected chi connectivity index (χ3v) is 3.76. The smallest absolute Gasteiger partial charge is 0.299 e. The molecule has 2 rings (SSSR count). The van der Waals surface area contributed by atoms with Crippen molar-refractivity contribution in [3.05, 3.63) is 56.6 Å². The Bertz CT molecular complexity index is 941. The zero-order chi connectivity index (χ0) is 18.1. The van der Waals surface area contributed by atoms with E-state index in [0.717, 1.165) is 30.3 Å². The van der Waals surface area contributed by atoms with Gasteiger partial charge < -0.3 is 15.0 Å². The molecule has 0 atom stereocenters. The number of aromatic hydroxyl groups is 1. The average Bonchev–Trinajstić information content (AvgIpc) is 2.48. The van der Waals surface area contributed by atoms with E-state index in [2.05, 4.69) is 5.32 Å². The summed E-state index contributed by atoms with van der Waals surface area (Å²) in [5.74, 6) is -0.770. The third-order valence-electron chi connectivity index (χ3n) is 2.90. The first kappa shape index (κ1) is 17.1. The minimum atomic E-state index is -4.96. The van der Waals surface area contributed by atoms with Crippen molar-refractivity contribution in [1.29, 1.82) is 0 Å². The predicted molar refractivity (Wildman–Crippen MR) is 79.1 cm³/mol. The van der Waals surface area contributed by atoms with Gasteiger partial charge in [-0.25, -0.2) is 8.42 Å². The van der Waals surface area contributed by atoms with Gasteiger partial charge in [0.1, 0.15) is 21.6 Å². The largest absolute Gasteiger partial charge is 0.744 e. The van der Waals surface area contributed by atoms with Gasteiger partial charge in [-0.1, -0.05) is 0 Å². The van der Waals surface area contributed by atoms with Crippen LogP contribution in [0.15, 0.2) is 41.3 Å². The highest BCUT2D eigenvalue weighted by atomic mass is 32.2. The van der Waals surface area contributed by atoms with E-state index in [9.17, 15) is 38.3 Å². The van der Waals surface area contributed by atoms with Crippen LogP contribution in [0.2, 0.25) is 0 Å². The molecule has 0 fully saturated rings. The Balaban J connectivity index is 2.49. The predicted octanol–water partition coefficient (Wildman–Crippen LogP) is 1.86. The Kier molecular flexibility index (Phi) is 4.35. The number of nitrogens with zero attached hydrogens (tertiary/aromatic N) is 2. The van der Waals surface area contributed by atoms with Crippen LogP contribution in [0.1, 0.15) is 0 Å². The van der Waals surface area contributed by atoms with Crippen LogP contribution in [0, 0.1) is 20.2 Å². The van der Waals surface area contributed by atoms with Gasteiger partial charge in [0.15, 0.2) is 0 Å². The highest BCUT2D eigenvalue weighted by Gasteiger charge is 2.20. The van der Waals surface area contributed by atoms with Gasteiger partial charge in [-0.3, -0.25) is 20.2 Å². The summed E-state index contributed by atoms with van der Waals surface area (Å²) in [5, 5.41) is 33.6. The summed E-state index contributed by atoms with van der Waals surface area (Å²) in [4.78, 5) is 19.1. The second kappa shape index (κ2) is 6.10. The van der Waals surface area contributed by atoms with Crippen LogP contribution in [0.4, 0.5) is 22.7 Å². The molecule has 2 N–H and O–H groups in total. The van der Waals surface area contributed by atoms with E-state index in [-0.39, 0.29) is 11.4 Å². The molecule has 11 nitrogen and oxygen atoms in total. The minimum Gasteiger partial charge on any atom is -0.744 e. The molecular weight excluding hydrogens is 346 g/mol. The Hall–Kier alpha value is -3.25. The molecular formula is C12H8N3O8S-. The van der Waals surface area contributed by atoms with Gasteiger partial charge in [-0.15, -0.1) is 0 Å². The van der Waals surface area contributed by atoms with E-state index in [1.54, 1.807) is 0 Å². The van der Waals surface area contributed by atoms with Crippen LogP contribution in [0.3, 0.4) is 0 Å². The average molecular weight is 354 g/mol. The van der Waals surface area contributed by atoms with Gasteiger partial charge in [0.2, 0.25) is 0 Å². The molecule has 0 aliphatic heterocycles. The molecule has 0 spiro atoms. The number of hydrogen-bond acceptors (Lipinski definition) is 9. The van der Waals surface area contributed by atoms with E-state index in [1.807, 2.05) is 0 Å². The fourth-order valence-corrected chi connectivity index (χ4v) is 2.43. The molecule has 0 heterocycles. The van der Waals surface area contributed by atoms with Gasteiger partial charge in [-0.05, 0) is 24.3 Å². The SMILES string of the molecule is O=[N+]([O-])c1ccc(Nc2ccc(O)c(S(=O)(=O)[O-])c2)c([N+](=O)[O-])c1. The van der Waals surface area contributed by atoms with E-state index in [4.69, 9.17) is 0 Å². The second-order valence-electron chi connectivity index (χ2n) is 4.48. The zero-order valence-corrected chi connectivity index (χ0v) is 12.4. The molecule has 2 aromatic rings. The maximum Gasteiger partial charge on any atom is 0.299 e. The topological polar surface area (TPSA) is 176 Å². The van der Waals surface area contributed by atoms with Gasteiger partial charge >= 0.3 is 0 Å². The molecule has 0 bridgehead atoms. The lowest BCUT2D eigenvalue weighted by Gasteiger charge is -2.12. The fraction of sp³-hybridized carbons (Fsp3) is 0. The van der Waals surface area contributed by atoms with Crippen LogP contribution in [-0.2, 0) is 10.1 Å². The van der Waals surface area contributed by atoms with Gasteiger partial charge in [0.05, 0.1) is 20.8 Å². The van der Waals surface area contributed by atoms with Crippen LogP contribution in [-0.4, -0.2) is 27.9 Å². The summed E-state index contributed by atoms with van der Waals surface area (Å²) in [6.45, 7) is 0. The highest BCUT2D eigenvalue weighted by Crippen LogP contribution is 2.33. The number of anilines is 2. The zero-order valence-electron chi connectivity index (χ0n) is 11.6. The van der Waals surface area contributed by atoms with E-state index in [1.165, 1.54) is 6.07 Å². The van der Waals surface area contributed by atoms with E-state index >= 15 is 0 Å². The lowest BCUT2D eigenvalue weighted by molar-refractivity contribution is -0.393. The molecule has 0 aliphatic carbocycles. The molecule has 12 heteroatoms. The summed E-state index contributed by atoms with van der Waals surface area (Å²) in [5.41, 5.74) is -1.32. The molecule has 0 unspecified atom stereocenters. The number of nitro benzene ring substituents is 2. The summed E-state index contributed by atoms with van der Waals surface area (Å²) in [6.07, 6.45) is 0.